The molecule has 1 heterocycles. The van der Waals surface area contributed by atoms with Gasteiger partial charge in [0.1, 0.15) is 5.82 Å². The molecule has 8 nitrogen and oxygen atoms in total. The molecule has 1 amide bonds. The van der Waals surface area contributed by atoms with Gasteiger partial charge in [-0.25, -0.2) is 9.78 Å². The van der Waals surface area contributed by atoms with Gasteiger partial charge in [0.05, 0.1) is 22.6 Å². The van der Waals surface area contributed by atoms with Crippen LogP contribution in [0.2, 0.25) is 0 Å². The number of nitrogens with one attached hydrogen (secondary N) is 1. The highest BCUT2D eigenvalue weighted by Crippen LogP contribution is 2.27. The van der Waals surface area contributed by atoms with Crippen molar-refractivity contribution in [2.45, 2.75) is 79.4 Å². The van der Waals surface area contributed by atoms with Gasteiger partial charge in [-0.05, 0) is 72.1 Å². The van der Waals surface area contributed by atoms with E-state index < -0.39 is 12.0 Å². The Morgan fingerprint density at radius 3 is 2.35 bits per heavy atom. The molecule has 244 valence electrons. The van der Waals surface area contributed by atoms with E-state index in [1.807, 2.05) is 69.3 Å². The van der Waals surface area contributed by atoms with E-state index >= 15 is 0 Å². The number of fused-ring (bicyclic) bond motifs is 1. The second-order valence-electron chi connectivity index (χ2n) is 12.8. The van der Waals surface area contributed by atoms with E-state index in [0.29, 0.717) is 29.3 Å². The number of carboxylic acids is 1. The van der Waals surface area contributed by atoms with Gasteiger partial charge in [0.2, 0.25) is 5.12 Å². The Bertz CT molecular complexity index is 1690. The number of hydrogen-bond acceptors (Lipinski definition) is 6. The van der Waals surface area contributed by atoms with Crippen LogP contribution in [0.5, 0.6) is 0 Å². The Morgan fingerprint density at radius 1 is 1.02 bits per heavy atom. The van der Waals surface area contributed by atoms with Gasteiger partial charge in [-0.2, -0.15) is 0 Å². The Hall–Kier alpha value is -3.95. The van der Waals surface area contributed by atoms with Crippen LogP contribution in [0.4, 0.5) is 0 Å². The number of hydrogen-bond donors (Lipinski definition) is 3. The van der Waals surface area contributed by atoms with Gasteiger partial charge in [0.25, 0.3) is 5.91 Å². The summed E-state index contributed by atoms with van der Waals surface area (Å²) < 4.78 is 2.18. The zero-order valence-corrected chi connectivity index (χ0v) is 28.5. The van der Waals surface area contributed by atoms with Crippen molar-refractivity contribution in [1.29, 1.82) is 0 Å². The summed E-state index contributed by atoms with van der Waals surface area (Å²) in [6, 6.07) is 18.0. The largest absolute Gasteiger partial charge is 0.478 e. The molecule has 4 rings (SSSR count). The molecule has 0 radical (unpaired) electrons. The fourth-order valence-electron chi connectivity index (χ4n) is 5.61. The summed E-state index contributed by atoms with van der Waals surface area (Å²) in [6.07, 6.45) is 2.46. The smallest absolute Gasteiger partial charge is 0.336 e. The average molecular weight is 643 g/mol. The average Bonchev–Trinajstić information content (AvgIpc) is 3.36. The first-order chi connectivity index (χ1) is 21.9. The number of rotatable bonds is 14. The van der Waals surface area contributed by atoms with Crippen LogP contribution in [0.25, 0.3) is 22.2 Å². The number of carboxylic acid groups (broad SMARTS) is 1. The number of imidazole rings is 1. The number of aryl methyl sites for hydroxylation is 2. The molecule has 1 aromatic heterocycles. The van der Waals surface area contributed by atoms with Crippen LogP contribution in [0.3, 0.4) is 0 Å². The second-order valence-corrected chi connectivity index (χ2v) is 13.8. The van der Waals surface area contributed by atoms with Crippen LogP contribution in [-0.2, 0) is 17.8 Å². The van der Waals surface area contributed by atoms with Crippen molar-refractivity contribution in [1.82, 2.24) is 14.9 Å². The summed E-state index contributed by atoms with van der Waals surface area (Å²) in [5, 5.41) is 12.8. The third-order valence-corrected chi connectivity index (χ3v) is 9.26. The Morgan fingerprint density at radius 2 is 1.72 bits per heavy atom. The minimum Gasteiger partial charge on any atom is -0.478 e. The van der Waals surface area contributed by atoms with Gasteiger partial charge < -0.3 is 20.7 Å². The fraction of sp³-hybridized carbons (Fsp3) is 0.405. The first-order valence-corrected chi connectivity index (χ1v) is 17.0. The van der Waals surface area contributed by atoms with Gasteiger partial charge in [0.15, 0.2) is 0 Å². The number of carbonyl (C=O) groups excluding carboxylic acids is 2. The quantitative estimate of drug-likeness (QED) is 0.134. The van der Waals surface area contributed by atoms with Crippen molar-refractivity contribution in [3.63, 3.8) is 0 Å². The van der Waals surface area contributed by atoms with E-state index in [1.165, 1.54) is 11.8 Å². The lowest BCUT2D eigenvalue weighted by Crippen LogP contribution is -2.39. The van der Waals surface area contributed by atoms with E-state index in [2.05, 4.69) is 30.7 Å². The third-order valence-electron chi connectivity index (χ3n) is 8.13. The van der Waals surface area contributed by atoms with Gasteiger partial charge in [-0.1, -0.05) is 88.8 Å². The molecule has 0 saturated heterocycles. The maximum atomic E-state index is 13.7. The lowest BCUT2D eigenvalue weighted by molar-refractivity contribution is -0.112. The maximum absolute atomic E-state index is 13.7. The Balaban J connectivity index is 1.62. The summed E-state index contributed by atoms with van der Waals surface area (Å²) in [6.45, 7) is 12.7. The number of amides is 1. The topological polar surface area (TPSA) is 127 Å². The maximum Gasteiger partial charge on any atom is 0.336 e. The molecule has 9 heteroatoms. The summed E-state index contributed by atoms with van der Waals surface area (Å²) in [7, 11) is 0. The number of aromatic carboxylic acids is 1. The SMILES string of the molecule is CCCc1nc2c(C)cc(C(=O)N[C@@H](CSC(=O)[C@@H](N)C(C)C)CC(C)C)cc2n1Cc1ccc(-c2ccccc2C(=O)O)cc1. The first kappa shape index (κ1) is 34.9. The highest BCUT2D eigenvalue weighted by molar-refractivity contribution is 8.13. The molecule has 0 aliphatic carbocycles. The number of carbonyl (C=O) groups is 3. The monoisotopic (exact) mass is 642 g/mol. The molecule has 4 N–H and O–H groups in total. The molecule has 4 aromatic rings. The second kappa shape index (κ2) is 15.6. The molecule has 2 atom stereocenters. The number of nitrogens with zero attached hydrogens (tertiary/aromatic N) is 2. The molecule has 3 aromatic carbocycles. The molecule has 46 heavy (non-hydrogen) atoms. The molecule has 0 unspecified atom stereocenters. The zero-order chi connectivity index (χ0) is 33.5. The van der Waals surface area contributed by atoms with Crippen LogP contribution in [0, 0.1) is 18.8 Å². The normalized spacial score (nSPS) is 12.9. The number of nitrogens with two attached hydrogens (primary N) is 1. The minimum atomic E-state index is -0.956. The number of aromatic nitrogens is 2. The predicted molar refractivity (Wildman–Crippen MR) is 187 cm³/mol. The van der Waals surface area contributed by atoms with Gasteiger partial charge in [0, 0.05) is 30.3 Å². The number of benzene rings is 3. The Kier molecular flexibility index (Phi) is 11.8. The molecule has 0 aliphatic heterocycles. The molecule has 0 bridgehead atoms. The summed E-state index contributed by atoms with van der Waals surface area (Å²) in [4.78, 5) is 43.0. The van der Waals surface area contributed by atoms with E-state index in [4.69, 9.17) is 10.7 Å². The van der Waals surface area contributed by atoms with Crippen molar-refractivity contribution in [2.24, 2.45) is 17.6 Å². The molecule has 0 spiro atoms. The van der Waals surface area contributed by atoms with Crippen LogP contribution >= 0.6 is 11.8 Å². The predicted octanol–water partition coefficient (Wildman–Crippen LogP) is 7.10. The van der Waals surface area contributed by atoms with Crippen molar-refractivity contribution in [3.8, 4) is 11.1 Å². The van der Waals surface area contributed by atoms with Crippen LogP contribution in [-0.4, -0.2) is 49.5 Å². The third kappa shape index (κ3) is 8.44. The van der Waals surface area contributed by atoms with Crippen LogP contribution < -0.4 is 11.1 Å². The summed E-state index contributed by atoms with van der Waals surface area (Å²) in [5.41, 5.74) is 12.1. The molecular weight excluding hydrogens is 596 g/mol. The lowest BCUT2D eigenvalue weighted by atomic mass is 9.98. The van der Waals surface area contributed by atoms with E-state index in [9.17, 15) is 19.5 Å². The van der Waals surface area contributed by atoms with E-state index in [-0.39, 0.29) is 28.5 Å². The molecule has 0 fully saturated rings. The van der Waals surface area contributed by atoms with Crippen molar-refractivity contribution < 1.29 is 19.5 Å². The molecule has 0 saturated carbocycles. The first-order valence-electron chi connectivity index (χ1n) is 16.0. The van der Waals surface area contributed by atoms with Gasteiger partial charge >= 0.3 is 5.97 Å². The van der Waals surface area contributed by atoms with Crippen LogP contribution in [0.15, 0.2) is 60.7 Å². The van der Waals surface area contributed by atoms with Gasteiger partial charge in [-0.15, -0.1) is 0 Å². The highest BCUT2D eigenvalue weighted by Gasteiger charge is 2.23. The zero-order valence-electron chi connectivity index (χ0n) is 27.7. The van der Waals surface area contributed by atoms with Crippen molar-refractivity contribution in [3.05, 3.63) is 88.7 Å². The highest BCUT2D eigenvalue weighted by atomic mass is 32.2. The molecular formula is C37H46N4O4S. The minimum absolute atomic E-state index is 0.0539. The Labute approximate surface area is 276 Å². The van der Waals surface area contributed by atoms with E-state index in [1.54, 1.807) is 12.1 Å². The van der Waals surface area contributed by atoms with E-state index in [0.717, 1.165) is 52.8 Å². The standard InChI is InChI=1S/C37H46N4O4S/c1-7-10-32-40-34-24(6)18-27(35(42)39-28(17-22(2)3)21-46-37(45)33(38)23(4)5)19-31(34)41(32)20-25-13-15-26(16-14-25)29-11-8-9-12-30(29)36(43)44/h8-9,11-16,18-19,22-23,28,33H,7,10,17,20-21,38H2,1-6H3,(H,39,42)(H,43,44)/t28-,33+/m1/s1. The fourth-order valence-corrected chi connectivity index (χ4v) is 6.66. The number of thioether (sulfide) groups is 1. The lowest BCUT2D eigenvalue weighted by Gasteiger charge is -2.21. The van der Waals surface area contributed by atoms with Crippen molar-refractivity contribution >= 4 is 39.8 Å². The van der Waals surface area contributed by atoms with Gasteiger partial charge in [-0.3, -0.25) is 9.59 Å². The summed E-state index contributed by atoms with van der Waals surface area (Å²) in [5.74, 6) is 0.682. The van der Waals surface area contributed by atoms with Crippen LogP contribution in [0.1, 0.15) is 85.1 Å². The summed E-state index contributed by atoms with van der Waals surface area (Å²) >= 11 is 1.20. The van der Waals surface area contributed by atoms with Crippen molar-refractivity contribution in [2.75, 3.05) is 5.75 Å². The molecule has 0 aliphatic rings.